The van der Waals surface area contributed by atoms with Gasteiger partial charge in [-0.05, 0) is 6.42 Å². The van der Waals surface area contributed by atoms with E-state index in [2.05, 4.69) is 5.32 Å². The van der Waals surface area contributed by atoms with Crippen LogP contribution in [0.4, 0.5) is 0 Å². The average molecular weight is 951 g/mol. The lowest BCUT2D eigenvalue weighted by Crippen LogP contribution is -2.43. The molecule has 1 N–H and O–H groups in total. The first-order valence-electron chi connectivity index (χ1n) is 22.2. The lowest BCUT2D eigenvalue weighted by Gasteiger charge is -2.22. The number of amides is 6. The molecule has 1 fully saturated rings. The Hall–Kier alpha value is -4.05. The number of ether oxygens (including phenoxy) is 12. The molecule has 0 bridgehead atoms. The smallest absolute Gasteiger partial charge is 0.334 e. The Balaban J connectivity index is 1.38. The van der Waals surface area contributed by atoms with Gasteiger partial charge in [-0.3, -0.25) is 33.7 Å². The molecule has 2 aliphatic heterocycles. The van der Waals surface area contributed by atoms with E-state index in [1.165, 1.54) is 12.2 Å². The molecule has 0 radical (unpaired) electrons. The van der Waals surface area contributed by atoms with E-state index in [1.807, 2.05) is 0 Å². The zero-order valence-corrected chi connectivity index (χ0v) is 38.3. The average Bonchev–Trinajstić information content (AvgIpc) is 3.80. The predicted molar refractivity (Wildman–Crippen MR) is 227 cm³/mol. The summed E-state index contributed by atoms with van der Waals surface area (Å²) >= 11 is 0. The minimum Gasteiger partial charge on any atom is -0.382 e. The van der Waals surface area contributed by atoms with Gasteiger partial charge >= 0.3 is 5.97 Å². The molecule has 0 saturated carbocycles. The minimum atomic E-state index is -0.926. The van der Waals surface area contributed by atoms with Crippen molar-refractivity contribution in [3.63, 3.8) is 0 Å². The van der Waals surface area contributed by atoms with Crippen molar-refractivity contribution in [3.05, 3.63) is 12.2 Å². The van der Waals surface area contributed by atoms with Crippen LogP contribution in [0.1, 0.15) is 32.1 Å². The van der Waals surface area contributed by atoms with Crippen LogP contribution in [0.15, 0.2) is 12.2 Å². The minimum absolute atomic E-state index is 0.00775. The summed E-state index contributed by atoms with van der Waals surface area (Å²) in [4.78, 5) is 92.1. The summed E-state index contributed by atoms with van der Waals surface area (Å²) < 4.78 is 64.9. The highest BCUT2D eigenvalue weighted by molar-refractivity contribution is 6.12. The maximum absolute atomic E-state index is 13.0. The lowest BCUT2D eigenvalue weighted by atomic mass is 10.3. The van der Waals surface area contributed by atoms with Gasteiger partial charge in [-0.15, -0.1) is 5.06 Å². The summed E-state index contributed by atoms with van der Waals surface area (Å²) in [5.74, 6) is -4.11. The van der Waals surface area contributed by atoms with Crippen molar-refractivity contribution < 1.29 is 95.2 Å². The fraction of sp³-hybridized carbons (Fsp3) is 0.786. The second kappa shape index (κ2) is 40.1. The second-order valence-electron chi connectivity index (χ2n) is 14.0. The Morgan fingerprint density at radius 2 is 0.894 bits per heavy atom. The van der Waals surface area contributed by atoms with Crippen molar-refractivity contribution in [2.45, 2.75) is 32.1 Å². The number of imide groups is 2. The van der Waals surface area contributed by atoms with Gasteiger partial charge in [-0.25, -0.2) is 4.79 Å². The number of methoxy groups -OCH3 is 1. The summed E-state index contributed by atoms with van der Waals surface area (Å²) in [7, 11) is 1.63. The summed E-state index contributed by atoms with van der Waals surface area (Å²) in [5, 5.41) is 3.03. The SMILES string of the molecule is COCCOCCOCCOCCOCCOCCOCCOCCOCCOCCOCCOCCC(=O)N(CCC(=O)ON1C(=O)CCC1=O)CC(=O)NCCCN1C(=O)C=CC1=O. The first-order valence-corrected chi connectivity index (χ1v) is 22.2. The van der Waals surface area contributed by atoms with E-state index in [0.29, 0.717) is 137 Å². The van der Waals surface area contributed by atoms with Gasteiger partial charge in [0.25, 0.3) is 23.6 Å². The Labute approximate surface area is 385 Å². The van der Waals surface area contributed by atoms with Gasteiger partial charge in [0, 0.05) is 51.7 Å². The van der Waals surface area contributed by atoms with Crippen LogP contribution in [0.3, 0.4) is 0 Å². The fourth-order valence-electron chi connectivity index (χ4n) is 5.43. The number of nitrogens with one attached hydrogen (secondary N) is 1. The highest BCUT2D eigenvalue weighted by Crippen LogP contribution is 2.13. The first kappa shape index (κ1) is 58.1. The third-order valence-electron chi connectivity index (χ3n) is 8.87. The zero-order chi connectivity index (χ0) is 47.7. The standard InChI is InChI=1S/C42H70N4O20/c1-54-13-14-56-17-18-58-21-22-60-25-26-62-29-30-64-33-34-65-32-31-63-28-27-61-24-23-59-20-19-57-16-15-55-12-8-37(48)44(11-7-42(53)66-46-40(51)5-6-41(46)52)35-36(47)43-9-2-10-45-38(49)3-4-39(45)50/h3-4H,2,5-35H2,1H3,(H,43,47). The second-order valence-corrected chi connectivity index (χ2v) is 14.0. The maximum Gasteiger partial charge on any atom is 0.334 e. The molecular weight excluding hydrogens is 880 g/mol. The molecule has 0 aromatic heterocycles. The molecule has 0 spiro atoms. The Morgan fingerprint density at radius 3 is 1.27 bits per heavy atom. The monoisotopic (exact) mass is 950 g/mol. The number of rotatable bonds is 46. The zero-order valence-electron chi connectivity index (χ0n) is 38.3. The quantitative estimate of drug-likeness (QED) is 0.0536. The predicted octanol–water partition coefficient (Wildman–Crippen LogP) is -1.54. The van der Waals surface area contributed by atoms with Crippen molar-refractivity contribution in [1.29, 1.82) is 0 Å². The van der Waals surface area contributed by atoms with Crippen LogP contribution in [0.5, 0.6) is 0 Å². The largest absolute Gasteiger partial charge is 0.382 e. The molecule has 2 heterocycles. The van der Waals surface area contributed by atoms with Gasteiger partial charge in [-0.2, -0.15) is 0 Å². The van der Waals surface area contributed by atoms with E-state index < -0.39 is 54.4 Å². The Morgan fingerprint density at radius 1 is 0.530 bits per heavy atom. The molecule has 1 saturated heterocycles. The van der Waals surface area contributed by atoms with E-state index in [9.17, 15) is 33.6 Å². The molecule has 24 nitrogen and oxygen atoms in total. The molecular formula is C42H70N4O20. The molecule has 2 rings (SSSR count). The number of carbonyl (C=O) groups is 7. The maximum atomic E-state index is 13.0. The van der Waals surface area contributed by atoms with Crippen LogP contribution in [-0.2, 0) is 95.2 Å². The van der Waals surface area contributed by atoms with Gasteiger partial charge in [0.1, 0.15) is 0 Å². The van der Waals surface area contributed by atoms with Crippen molar-refractivity contribution in [2.24, 2.45) is 0 Å². The number of nitrogens with zero attached hydrogens (tertiary/aromatic N) is 3. The van der Waals surface area contributed by atoms with Gasteiger partial charge in [0.2, 0.25) is 11.8 Å². The molecule has 378 valence electrons. The first-order chi connectivity index (χ1) is 32.2. The summed E-state index contributed by atoms with van der Waals surface area (Å²) in [6, 6.07) is 0. The molecule has 24 heteroatoms. The van der Waals surface area contributed by atoms with E-state index in [-0.39, 0.29) is 65.1 Å². The van der Waals surface area contributed by atoms with Crippen molar-refractivity contribution in [2.75, 3.05) is 185 Å². The molecule has 6 amide bonds. The number of carbonyl (C=O) groups excluding carboxylic acids is 7. The van der Waals surface area contributed by atoms with Gasteiger partial charge in [0.05, 0.1) is 171 Å². The highest BCUT2D eigenvalue weighted by Gasteiger charge is 2.33. The van der Waals surface area contributed by atoms with Crippen molar-refractivity contribution in [1.82, 2.24) is 20.2 Å². The molecule has 0 aromatic rings. The summed E-state index contributed by atoms with van der Waals surface area (Å²) in [6.45, 7) is 9.20. The van der Waals surface area contributed by atoms with Gasteiger partial charge in [0.15, 0.2) is 0 Å². The van der Waals surface area contributed by atoms with Crippen molar-refractivity contribution >= 4 is 41.4 Å². The number of hydroxylamine groups is 2. The van der Waals surface area contributed by atoms with Crippen LogP contribution < -0.4 is 5.32 Å². The molecule has 0 aromatic carbocycles. The summed E-state index contributed by atoms with van der Waals surface area (Å²) in [6.07, 6.45) is 1.97. The van der Waals surface area contributed by atoms with E-state index in [0.717, 1.165) is 9.80 Å². The normalized spacial score (nSPS) is 13.7. The summed E-state index contributed by atoms with van der Waals surface area (Å²) in [5.41, 5.74) is 0. The topological polar surface area (TPSA) is 261 Å². The lowest BCUT2D eigenvalue weighted by molar-refractivity contribution is -0.197. The Kier molecular flexibility index (Phi) is 35.2. The van der Waals surface area contributed by atoms with Crippen molar-refractivity contribution in [3.8, 4) is 0 Å². The van der Waals surface area contributed by atoms with Crippen LogP contribution in [0, 0.1) is 0 Å². The van der Waals surface area contributed by atoms with E-state index >= 15 is 0 Å². The number of hydrogen-bond acceptors (Lipinski definition) is 20. The number of hydrogen-bond donors (Lipinski definition) is 1. The van der Waals surface area contributed by atoms with Crippen LogP contribution in [0.25, 0.3) is 0 Å². The Bertz CT molecular complexity index is 1370. The third kappa shape index (κ3) is 30.3. The van der Waals surface area contributed by atoms with Crippen LogP contribution in [-0.4, -0.2) is 242 Å². The van der Waals surface area contributed by atoms with E-state index in [4.69, 9.17) is 61.7 Å². The molecule has 0 atom stereocenters. The molecule has 2 aliphatic rings. The van der Waals surface area contributed by atoms with Crippen LogP contribution >= 0.6 is 0 Å². The van der Waals surface area contributed by atoms with Gasteiger partial charge < -0.3 is 71.9 Å². The molecule has 0 aliphatic carbocycles. The molecule has 66 heavy (non-hydrogen) atoms. The highest BCUT2D eigenvalue weighted by atomic mass is 16.7. The van der Waals surface area contributed by atoms with Gasteiger partial charge in [-0.1, -0.05) is 0 Å². The fourth-order valence-corrected chi connectivity index (χ4v) is 5.43. The van der Waals surface area contributed by atoms with Crippen LogP contribution in [0.2, 0.25) is 0 Å². The third-order valence-corrected chi connectivity index (χ3v) is 8.87. The van der Waals surface area contributed by atoms with E-state index in [1.54, 1.807) is 7.11 Å². The molecule has 0 unspecified atom stereocenters.